The number of rotatable bonds is 5. The van der Waals surface area contributed by atoms with Gasteiger partial charge in [0.1, 0.15) is 0 Å². The van der Waals surface area contributed by atoms with Gasteiger partial charge in [-0.3, -0.25) is 0 Å². The Balaban J connectivity index is 2.27. The molecule has 0 aliphatic carbocycles. The highest BCUT2D eigenvalue weighted by molar-refractivity contribution is 5.91. The molecule has 6 nitrogen and oxygen atoms in total. The predicted molar refractivity (Wildman–Crippen MR) is 81.9 cm³/mol. The third kappa shape index (κ3) is 3.78. The molecule has 2 rings (SSSR count). The van der Waals surface area contributed by atoms with Crippen LogP contribution in [0.3, 0.4) is 0 Å². The topological polar surface area (TPSA) is 82.1 Å². The predicted octanol–water partition coefficient (Wildman–Crippen LogP) is 2.39. The number of carbonyl (C=O) groups excluding carboxylic acids is 1. The molecular formula is C17H20O6. The third-order valence-electron chi connectivity index (χ3n) is 3.68. The van der Waals surface area contributed by atoms with Gasteiger partial charge in [0.25, 0.3) is 6.10 Å². The lowest BCUT2D eigenvalue weighted by atomic mass is 9.93. The smallest absolute Gasteiger partial charge is 0.350 e. The van der Waals surface area contributed by atoms with Crippen molar-refractivity contribution in [3.63, 3.8) is 0 Å². The van der Waals surface area contributed by atoms with Gasteiger partial charge in [0.15, 0.2) is 0 Å². The van der Waals surface area contributed by atoms with E-state index in [-0.39, 0.29) is 18.1 Å². The fourth-order valence-corrected chi connectivity index (χ4v) is 2.71. The first-order valence-electron chi connectivity index (χ1n) is 7.26. The summed E-state index contributed by atoms with van der Waals surface area (Å²) in [6.07, 6.45) is -1.13. The van der Waals surface area contributed by atoms with Crippen LogP contribution < -0.4 is 0 Å². The highest BCUT2D eigenvalue weighted by atomic mass is 16.7. The lowest BCUT2D eigenvalue weighted by molar-refractivity contribution is -0.293. The summed E-state index contributed by atoms with van der Waals surface area (Å²) in [5.41, 5.74) is 1.04. The average Bonchev–Trinajstić information content (AvgIpc) is 2.51. The molecule has 1 aromatic rings. The van der Waals surface area contributed by atoms with Gasteiger partial charge in [0.2, 0.25) is 5.79 Å². The van der Waals surface area contributed by atoms with E-state index in [0.29, 0.717) is 6.42 Å². The number of ether oxygens (including phenoxy) is 3. The molecule has 0 aromatic heterocycles. The van der Waals surface area contributed by atoms with E-state index in [1.165, 1.54) is 7.11 Å². The molecule has 0 unspecified atom stereocenters. The zero-order chi connectivity index (χ0) is 17.0. The summed E-state index contributed by atoms with van der Waals surface area (Å²) in [6, 6.07) is 8.17. The van der Waals surface area contributed by atoms with Crippen molar-refractivity contribution in [2.75, 3.05) is 7.11 Å². The molecule has 1 aromatic carbocycles. The van der Waals surface area contributed by atoms with Gasteiger partial charge in [-0.05, 0) is 25.5 Å². The van der Waals surface area contributed by atoms with Crippen molar-refractivity contribution in [1.29, 1.82) is 0 Å². The minimum atomic E-state index is -1.60. The molecule has 0 saturated carbocycles. The van der Waals surface area contributed by atoms with Crippen LogP contribution in [0.4, 0.5) is 0 Å². The first-order valence-corrected chi connectivity index (χ1v) is 7.26. The number of carbonyl (C=O) groups is 2. The molecule has 0 bridgehead atoms. The van der Waals surface area contributed by atoms with Crippen LogP contribution in [-0.2, 0) is 19.0 Å². The van der Waals surface area contributed by atoms with Gasteiger partial charge in [-0.2, -0.15) is 0 Å². The molecule has 23 heavy (non-hydrogen) atoms. The van der Waals surface area contributed by atoms with E-state index in [1.54, 1.807) is 37.3 Å². The van der Waals surface area contributed by atoms with Crippen LogP contribution >= 0.6 is 0 Å². The number of aliphatic carboxylic acids is 1. The lowest BCUT2D eigenvalue weighted by Crippen LogP contribution is -2.56. The lowest BCUT2D eigenvalue weighted by Gasteiger charge is -2.42. The second kappa shape index (κ2) is 6.93. The van der Waals surface area contributed by atoms with Crippen LogP contribution in [0.5, 0.6) is 0 Å². The van der Waals surface area contributed by atoms with E-state index in [1.807, 2.05) is 0 Å². The minimum Gasteiger partial charge on any atom is -0.478 e. The Bertz CT molecular complexity index is 596. The Morgan fingerprint density at radius 3 is 2.57 bits per heavy atom. The van der Waals surface area contributed by atoms with Gasteiger partial charge in [0, 0.05) is 13.5 Å². The molecule has 124 valence electrons. The first kappa shape index (κ1) is 17.2. The van der Waals surface area contributed by atoms with Crippen LogP contribution in [0.25, 0.3) is 0 Å². The molecule has 6 heteroatoms. The molecule has 3 atom stereocenters. The van der Waals surface area contributed by atoms with Gasteiger partial charge < -0.3 is 19.3 Å². The fraction of sp³-hybridized carbons (Fsp3) is 0.412. The van der Waals surface area contributed by atoms with Crippen LogP contribution in [-0.4, -0.2) is 42.1 Å². The van der Waals surface area contributed by atoms with Crippen LogP contribution in [0.1, 0.15) is 30.1 Å². The van der Waals surface area contributed by atoms with Crippen molar-refractivity contribution < 1.29 is 28.9 Å². The average molecular weight is 320 g/mol. The Kier molecular flexibility index (Phi) is 5.18. The fourth-order valence-electron chi connectivity index (χ4n) is 2.71. The van der Waals surface area contributed by atoms with E-state index in [9.17, 15) is 14.7 Å². The number of carboxylic acids is 1. The van der Waals surface area contributed by atoms with Crippen LogP contribution in [0, 0.1) is 0 Å². The van der Waals surface area contributed by atoms with Gasteiger partial charge in [-0.1, -0.05) is 30.4 Å². The minimum absolute atomic E-state index is 0.146. The maximum absolute atomic E-state index is 12.2. The van der Waals surface area contributed by atoms with E-state index in [4.69, 9.17) is 14.2 Å². The van der Waals surface area contributed by atoms with E-state index in [0.717, 1.165) is 5.57 Å². The third-order valence-corrected chi connectivity index (χ3v) is 3.68. The highest BCUT2D eigenvalue weighted by Crippen LogP contribution is 2.36. The highest BCUT2D eigenvalue weighted by Gasteiger charge is 2.51. The Morgan fingerprint density at radius 2 is 2.04 bits per heavy atom. The summed E-state index contributed by atoms with van der Waals surface area (Å²) in [6.45, 7) is 5.68. The number of hydrogen-bond acceptors (Lipinski definition) is 5. The van der Waals surface area contributed by atoms with Gasteiger partial charge in [-0.25, -0.2) is 9.59 Å². The second-order valence-corrected chi connectivity index (χ2v) is 5.56. The normalized spacial score (nSPS) is 25.7. The summed E-state index contributed by atoms with van der Waals surface area (Å²) in [5.74, 6) is -3.66. The Hall–Kier alpha value is -2.18. The van der Waals surface area contributed by atoms with Crippen LogP contribution in [0.2, 0.25) is 0 Å². The molecule has 1 saturated heterocycles. The summed E-state index contributed by atoms with van der Waals surface area (Å²) >= 11 is 0. The maximum atomic E-state index is 12.2. The summed E-state index contributed by atoms with van der Waals surface area (Å²) in [7, 11) is 1.33. The SMILES string of the molecule is C=C1C[C@@H](C)O[C@@](OC)([C@H](OC(=O)c2ccccc2)C(=O)O)C1. The molecule has 0 amide bonds. The number of carboxylic acid groups (broad SMARTS) is 1. The summed E-state index contributed by atoms with van der Waals surface area (Å²) in [4.78, 5) is 23.9. The van der Waals surface area contributed by atoms with Crippen molar-refractivity contribution in [2.24, 2.45) is 0 Å². The van der Waals surface area contributed by atoms with E-state index < -0.39 is 23.8 Å². The number of hydrogen-bond donors (Lipinski definition) is 1. The first-order chi connectivity index (χ1) is 10.9. The molecular weight excluding hydrogens is 300 g/mol. The molecule has 1 aliphatic heterocycles. The van der Waals surface area contributed by atoms with Crippen molar-refractivity contribution >= 4 is 11.9 Å². The van der Waals surface area contributed by atoms with Gasteiger partial charge in [0.05, 0.1) is 11.7 Å². The molecule has 1 fully saturated rings. The number of esters is 1. The second-order valence-electron chi connectivity index (χ2n) is 5.56. The monoisotopic (exact) mass is 320 g/mol. The molecule has 1 N–H and O–H groups in total. The van der Waals surface area contributed by atoms with E-state index >= 15 is 0 Å². The van der Waals surface area contributed by atoms with Gasteiger partial charge >= 0.3 is 11.9 Å². The molecule has 0 spiro atoms. The van der Waals surface area contributed by atoms with Gasteiger partial charge in [-0.15, -0.1) is 0 Å². The number of benzene rings is 1. The van der Waals surface area contributed by atoms with Crippen molar-refractivity contribution in [1.82, 2.24) is 0 Å². The molecule has 0 radical (unpaired) electrons. The Morgan fingerprint density at radius 1 is 1.39 bits per heavy atom. The van der Waals surface area contributed by atoms with Crippen LogP contribution in [0.15, 0.2) is 42.5 Å². The standard InChI is InChI=1S/C17H20O6/c1-11-9-12(2)23-17(10-11,21-3)14(15(18)19)22-16(20)13-7-5-4-6-8-13/h4-8,12,14H,1,9-10H2,2-3H3,(H,18,19)/t12-,14-,17-/m1/s1. The Labute approximate surface area is 134 Å². The zero-order valence-electron chi connectivity index (χ0n) is 13.2. The quantitative estimate of drug-likeness (QED) is 0.662. The largest absolute Gasteiger partial charge is 0.478 e. The summed E-state index contributed by atoms with van der Waals surface area (Å²) in [5, 5.41) is 9.52. The van der Waals surface area contributed by atoms with E-state index in [2.05, 4.69) is 6.58 Å². The van der Waals surface area contributed by atoms with Crippen molar-refractivity contribution in [2.45, 2.75) is 37.8 Å². The molecule has 1 heterocycles. The molecule has 1 aliphatic rings. The zero-order valence-corrected chi connectivity index (χ0v) is 13.2. The number of methoxy groups -OCH3 is 1. The van der Waals surface area contributed by atoms with Crippen molar-refractivity contribution in [3.8, 4) is 0 Å². The summed E-state index contributed by atoms with van der Waals surface area (Å²) < 4.78 is 16.3. The maximum Gasteiger partial charge on any atom is 0.350 e. The van der Waals surface area contributed by atoms with Crippen molar-refractivity contribution in [3.05, 3.63) is 48.0 Å².